The Morgan fingerprint density at radius 2 is 2.11 bits per heavy atom. The summed E-state index contributed by atoms with van der Waals surface area (Å²) in [6.45, 7) is -1.36. The first-order valence-corrected chi connectivity index (χ1v) is 5.49. The van der Waals surface area contributed by atoms with Crippen LogP contribution in [0.15, 0.2) is 12.1 Å². The molecule has 0 aliphatic carbocycles. The number of halogens is 4. The van der Waals surface area contributed by atoms with Gasteiger partial charge in [-0.05, 0) is 12.1 Å². The van der Waals surface area contributed by atoms with E-state index in [0.29, 0.717) is 0 Å². The lowest BCUT2D eigenvalue weighted by molar-refractivity contribution is -0.125. The minimum atomic E-state index is -4.34. The van der Waals surface area contributed by atoms with Crippen molar-refractivity contribution in [3.63, 3.8) is 0 Å². The summed E-state index contributed by atoms with van der Waals surface area (Å²) < 4.78 is 41.0. The Balaban J connectivity index is 2.92. The number of carboxylic acids is 1. The van der Waals surface area contributed by atoms with Crippen molar-refractivity contribution in [2.75, 3.05) is 13.7 Å². The molecule has 0 aliphatic rings. The van der Waals surface area contributed by atoms with Gasteiger partial charge in [-0.1, -0.05) is 11.6 Å². The van der Waals surface area contributed by atoms with Crippen molar-refractivity contribution in [1.29, 1.82) is 0 Å². The summed E-state index contributed by atoms with van der Waals surface area (Å²) in [4.78, 5) is 10.9. The maximum atomic E-state index is 12.0. The van der Waals surface area contributed by atoms with Gasteiger partial charge in [0.15, 0.2) is 0 Å². The van der Waals surface area contributed by atoms with Gasteiger partial charge in [-0.25, -0.2) is 4.79 Å². The van der Waals surface area contributed by atoms with Crippen LogP contribution in [0.5, 0.6) is 5.75 Å². The molecule has 1 rings (SSSR count). The van der Waals surface area contributed by atoms with Crippen LogP contribution < -0.4 is 10.1 Å². The number of benzene rings is 1. The molecule has 1 aromatic rings. The zero-order chi connectivity index (χ0) is 14.6. The maximum Gasteiger partial charge on any atom is 0.401 e. The Kier molecular flexibility index (Phi) is 5.02. The van der Waals surface area contributed by atoms with Gasteiger partial charge in [-0.3, -0.25) is 0 Å². The van der Waals surface area contributed by atoms with Gasteiger partial charge in [0.25, 0.3) is 0 Å². The van der Waals surface area contributed by atoms with E-state index < -0.39 is 18.7 Å². The molecule has 0 radical (unpaired) electrons. The summed E-state index contributed by atoms with van der Waals surface area (Å²) in [7, 11) is 1.32. The van der Waals surface area contributed by atoms with Crippen LogP contribution in [0.25, 0.3) is 0 Å². The molecule has 0 aliphatic heterocycles. The molecule has 19 heavy (non-hydrogen) atoms. The monoisotopic (exact) mass is 297 g/mol. The Morgan fingerprint density at radius 3 is 2.58 bits per heavy atom. The van der Waals surface area contributed by atoms with Crippen LogP contribution in [0.3, 0.4) is 0 Å². The second-order valence-electron chi connectivity index (χ2n) is 3.67. The lowest BCUT2D eigenvalue weighted by Crippen LogP contribution is -2.28. The van der Waals surface area contributed by atoms with E-state index >= 15 is 0 Å². The average molecular weight is 298 g/mol. The summed E-state index contributed by atoms with van der Waals surface area (Å²) in [5.74, 6) is -1.03. The fraction of sp³-hybridized carbons (Fsp3) is 0.364. The van der Waals surface area contributed by atoms with E-state index in [4.69, 9.17) is 21.4 Å². The molecule has 0 unspecified atom stereocenters. The Hall–Kier alpha value is -1.47. The highest BCUT2D eigenvalue weighted by Gasteiger charge is 2.26. The molecular weight excluding hydrogens is 287 g/mol. The summed E-state index contributed by atoms with van der Waals surface area (Å²) >= 11 is 5.72. The predicted molar refractivity (Wildman–Crippen MR) is 62.7 cm³/mol. The second kappa shape index (κ2) is 6.12. The molecule has 0 atom stereocenters. The van der Waals surface area contributed by atoms with Crippen LogP contribution in [0, 0.1) is 0 Å². The van der Waals surface area contributed by atoms with Crippen molar-refractivity contribution < 1.29 is 27.8 Å². The summed E-state index contributed by atoms with van der Waals surface area (Å²) in [5.41, 5.74) is 0.0971. The normalized spacial score (nSPS) is 11.4. The minimum Gasteiger partial charge on any atom is -0.496 e. The van der Waals surface area contributed by atoms with Gasteiger partial charge in [0.2, 0.25) is 0 Å². The van der Waals surface area contributed by atoms with E-state index in [-0.39, 0.29) is 28.4 Å². The van der Waals surface area contributed by atoms with Crippen LogP contribution in [0.1, 0.15) is 15.9 Å². The zero-order valence-electron chi connectivity index (χ0n) is 9.84. The number of nitrogens with one attached hydrogen (secondary N) is 1. The molecule has 106 valence electrons. The summed E-state index contributed by atoms with van der Waals surface area (Å²) in [6.07, 6.45) is -4.34. The highest BCUT2D eigenvalue weighted by Crippen LogP contribution is 2.27. The van der Waals surface area contributed by atoms with Crippen LogP contribution in [-0.4, -0.2) is 30.9 Å². The first-order valence-electron chi connectivity index (χ1n) is 5.11. The Morgan fingerprint density at radius 1 is 1.47 bits per heavy atom. The Bertz CT molecular complexity index is 477. The third kappa shape index (κ3) is 4.60. The molecule has 0 heterocycles. The molecule has 0 amide bonds. The number of hydrogen-bond acceptors (Lipinski definition) is 3. The standard InChI is InChI=1S/C11H11ClF3NO3/c1-19-9-3-8(12)7(10(17)18)2-6(9)4-16-5-11(13,14)15/h2-3,16H,4-5H2,1H3,(H,17,18). The third-order valence-corrected chi connectivity index (χ3v) is 2.55. The summed E-state index contributed by atoms with van der Waals surface area (Å²) in [6, 6.07) is 2.45. The predicted octanol–water partition coefficient (Wildman–Crippen LogP) is 2.70. The lowest BCUT2D eigenvalue weighted by Gasteiger charge is -2.13. The molecular formula is C11H11ClF3NO3. The van der Waals surface area contributed by atoms with E-state index in [1.54, 1.807) is 0 Å². The number of ether oxygens (including phenoxy) is 1. The van der Waals surface area contributed by atoms with Crippen LogP contribution >= 0.6 is 11.6 Å². The molecule has 0 fully saturated rings. The maximum absolute atomic E-state index is 12.0. The van der Waals surface area contributed by atoms with E-state index in [0.717, 1.165) is 0 Å². The topological polar surface area (TPSA) is 58.6 Å². The van der Waals surface area contributed by atoms with Crippen molar-refractivity contribution in [1.82, 2.24) is 5.32 Å². The molecule has 0 saturated carbocycles. The minimum absolute atomic E-state index is 0.0380. The number of carbonyl (C=O) groups is 1. The number of carboxylic acid groups (broad SMARTS) is 1. The molecule has 0 aromatic heterocycles. The van der Waals surface area contributed by atoms with Gasteiger partial charge < -0.3 is 15.2 Å². The number of alkyl halides is 3. The van der Waals surface area contributed by atoms with Crippen LogP contribution in [0.2, 0.25) is 5.02 Å². The van der Waals surface area contributed by atoms with Crippen LogP contribution in [0.4, 0.5) is 13.2 Å². The average Bonchev–Trinajstić information content (AvgIpc) is 2.28. The van der Waals surface area contributed by atoms with Crippen molar-refractivity contribution in [3.05, 3.63) is 28.3 Å². The van der Waals surface area contributed by atoms with E-state index in [2.05, 4.69) is 5.32 Å². The highest BCUT2D eigenvalue weighted by atomic mass is 35.5. The van der Waals surface area contributed by atoms with Crippen molar-refractivity contribution in [3.8, 4) is 5.75 Å². The molecule has 4 nitrogen and oxygen atoms in total. The Labute approximate surface area is 112 Å². The number of methoxy groups -OCH3 is 1. The van der Waals surface area contributed by atoms with Crippen molar-refractivity contribution in [2.45, 2.75) is 12.7 Å². The zero-order valence-corrected chi connectivity index (χ0v) is 10.6. The molecule has 1 aromatic carbocycles. The second-order valence-corrected chi connectivity index (χ2v) is 4.07. The molecule has 0 spiro atoms. The van der Waals surface area contributed by atoms with Gasteiger partial charge >= 0.3 is 12.1 Å². The SMILES string of the molecule is COc1cc(Cl)c(C(=O)O)cc1CNCC(F)(F)F. The van der Waals surface area contributed by atoms with E-state index in [1.807, 2.05) is 0 Å². The first kappa shape index (κ1) is 15.6. The summed E-state index contributed by atoms with van der Waals surface area (Å²) in [5, 5.41) is 11.0. The molecule has 8 heteroatoms. The van der Waals surface area contributed by atoms with Gasteiger partial charge in [0, 0.05) is 12.1 Å². The van der Waals surface area contributed by atoms with E-state index in [1.165, 1.54) is 19.2 Å². The highest BCUT2D eigenvalue weighted by molar-refractivity contribution is 6.33. The van der Waals surface area contributed by atoms with Gasteiger partial charge in [0.1, 0.15) is 5.75 Å². The first-order chi connectivity index (χ1) is 8.74. The van der Waals surface area contributed by atoms with Gasteiger partial charge in [0.05, 0.1) is 24.2 Å². The molecule has 0 bridgehead atoms. The fourth-order valence-electron chi connectivity index (χ4n) is 1.43. The largest absolute Gasteiger partial charge is 0.496 e. The van der Waals surface area contributed by atoms with E-state index in [9.17, 15) is 18.0 Å². The third-order valence-electron chi connectivity index (χ3n) is 2.24. The number of hydrogen-bond donors (Lipinski definition) is 2. The smallest absolute Gasteiger partial charge is 0.401 e. The molecule has 2 N–H and O–H groups in total. The number of aromatic carboxylic acids is 1. The number of rotatable bonds is 5. The van der Waals surface area contributed by atoms with Crippen molar-refractivity contribution in [2.24, 2.45) is 0 Å². The van der Waals surface area contributed by atoms with Gasteiger partial charge in [-0.15, -0.1) is 0 Å². The quantitative estimate of drug-likeness (QED) is 0.877. The van der Waals surface area contributed by atoms with Gasteiger partial charge in [-0.2, -0.15) is 13.2 Å². The lowest BCUT2D eigenvalue weighted by atomic mass is 10.1. The molecule has 0 saturated heterocycles. The fourth-order valence-corrected chi connectivity index (χ4v) is 1.67. The van der Waals surface area contributed by atoms with Crippen molar-refractivity contribution >= 4 is 17.6 Å². The van der Waals surface area contributed by atoms with Crippen LogP contribution in [-0.2, 0) is 6.54 Å².